The van der Waals surface area contributed by atoms with E-state index in [1.165, 1.54) is 58.2 Å². The number of hydrogen-bond donors (Lipinski definition) is 1. The maximum atomic E-state index is 5.74. The van der Waals surface area contributed by atoms with Gasteiger partial charge in [-0.15, -0.1) is 0 Å². The highest BCUT2D eigenvalue weighted by molar-refractivity contribution is 4.73. The van der Waals surface area contributed by atoms with Crippen molar-refractivity contribution >= 4 is 0 Å². The first kappa shape index (κ1) is 16.9. The molecule has 0 spiro atoms. The Balaban J connectivity index is 2.24. The average Bonchev–Trinajstić information content (AvgIpc) is 2.95. The maximum absolute atomic E-state index is 5.74. The van der Waals surface area contributed by atoms with E-state index in [0.29, 0.717) is 12.1 Å². The third kappa shape index (κ3) is 7.28. The summed E-state index contributed by atoms with van der Waals surface area (Å²) in [6.07, 6.45) is 8.08. The molecule has 0 aromatic rings. The summed E-state index contributed by atoms with van der Waals surface area (Å²) < 4.78 is 5.74. The summed E-state index contributed by atoms with van der Waals surface area (Å²) in [5, 5.41) is 3.71. The molecule has 1 heterocycles. The minimum Gasteiger partial charge on any atom is -0.378 e. The third-order valence-corrected chi connectivity index (χ3v) is 4.23. The fraction of sp³-hybridized carbons (Fsp3) is 1.00. The highest BCUT2D eigenvalue weighted by Gasteiger charge is 2.18. The van der Waals surface area contributed by atoms with Crippen molar-refractivity contribution in [2.45, 2.75) is 71.4 Å². The first-order valence-electron chi connectivity index (χ1n) is 8.37. The van der Waals surface area contributed by atoms with Gasteiger partial charge < -0.3 is 15.0 Å². The van der Waals surface area contributed by atoms with E-state index in [-0.39, 0.29) is 0 Å². The van der Waals surface area contributed by atoms with Gasteiger partial charge in [0.2, 0.25) is 0 Å². The Labute approximate surface area is 120 Å². The average molecular weight is 270 g/mol. The van der Waals surface area contributed by atoms with Crippen molar-refractivity contribution in [3.8, 4) is 0 Å². The van der Waals surface area contributed by atoms with Crippen LogP contribution in [-0.4, -0.2) is 49.8 Å². The monoisotopic (exact) mass is 270 g/mol. The van der Waals surface area contributed by atoms with E-state index in [9.17, 15) is 0 Å². The van der Waals surface area contributed by atoms with E-state index < -0.39 is 0 Å². The van der Waals surface area contributed by atoms with Gasteiger partial charge in [-0.3, -0.25) is 0 Å². The van der Waals surface area contributed by atoms with Gasteiger partial charge in [0.25, 0.3) is 0 Å². The Hall–Kier alpha value is -0.120. The van der Waals surface area contributed by atoms with Crippen LogP contribution in [0.5, 0.6) is 0 Å². The number of ether oxygens (including phenoxy) is 1. The van der Waals surface area contributed by atoms with Crippen LogP contribution in [0.25, 0.3) is 0 Å². The van der Waals surface area contributed by atoms with Gasteiger partial charge in [-0.1, -0.05) is 20.8 Å². The van der Waals surface area contributed by atoms with Crippen LogP contribution in [0.15, 0.2) is 0 Å². The maximum Gasteiger partial charge on any atom is 0.0576 e. The quantitative estimate of drug-likeness (QED) is 0.624. The zero-order valence-corrected chi connectivity index (χ0v) is 13.3. The van der Waals surface area contributed by atoms with Crippen molar-refractivity contribution in [1.82, 2.24) is 10.2 Å². The topological polar surface area (TPSA) is 24.5 Å². The van der Waals surface area contributed by atoms with Gasteiger partial charge in [-0.2, -0.15) is 0 Å². The van der Waals surface area contributed by atoms with E-state index in [1.807, 2.05) is 0 Å². The second-order valence-corrected chi connectivity index (χ2v) is 5.68. The third-order valence-electron chi connectivity index (χ3n) is 4.23. The van der Waals surface area contributed by atoms with Crippen molar-refractivity contribution in [2.75, 3.05) is 32.8 Å². The van der Waals surface area contributed by atoms with Gasteiger partial charge >= 0.3 is 0 Å². The van der Waals surface area contributed by atoms with Crippen molar-refractivity contribution in [3.05, 3.63) is 0 Å². The molecular weight excluding hydrogens is 236 g/mol. The molecule has 19 heavy (non-hydrogen) atoms. The van der Waals surface area contributed by atoms with Crippen LogP contribution in [0, 0.1) is 0 Å². The zero-order valence-electron chi connectivity index (χ0n) is 13.3. The first-order valence-corrected chi connectivity index (χ1v) is 8.37. The molecule has 1 aliphatic rings. The molecule has 2 unspecified atom stereocenters. The molecule has 1 rings (SSSR count). The molecule has 1 N–H and O–H groups in total. The van der Waals surface area contributed by atoms with Crippen LogP contribution in [0.4, 0.5) is 0 Å². The zero-order chi connectivity index (χ0) is 13.9. The lowest BCUT2D eigenvalue weighted by atomic mass is 10.0. The predicted molar refractivity (Wildman–Crippen MR) is 82.7 cm³/mol. The van der Waals surface area contributed by atoms with Crippen molar-refractivity contribution in [3.63, 3.8) is 0 Å². The molecule has 0 bridgehead atoms. The lowest BCUT2D eigenvalue weighted by molar-refractivity contribution is 0.0987. The van der Waals surface area contributed by atoms with Gasteiger partial charge in [0.05, 0.1) is 6.10 Å². The normalized spacial score (nSPS) is 21.2. The second kappa shape index (κ2) is 10.6. The molecule has 0 saturated carbocycles. The van der Waals surface area contributed by atoms with E-state index in [0.717, 1.165) is 13.2 Å². The van der Waals surface area contributed by atoms with Crippen LogP contribution >= 0.6 is 0 Å². The fourth-order valence-corrected chi connectivity index (χ4v) is 2.83. The number of hydrogen-bond acceptors (Lipinski definition) is 3. The molecule has 0 aromatic carbocycles. The van der Waals surface area contributed by atoms with Gasteiger partial charge in [-0.25, -0.2) is 0 Å². The Morgan fingerprint density at radius 2 is 2.00 bits per heavy atom. The van der Waals surface area contributed by atoms with Crippen molar-refractivity contribution in [2.24, 2.45) is 0 Å². The minimum absolute atomic E-state index is 0.541. The molecule has 1 aliphatic heterocycles. The van der Waals surface area contributed by atoms with E-state index in [2.05, 4.69) is 31.0 Å². The molecule has 3 nitrogen and oxygen atoms in total. The van der Waals surface area contributed by atoms with Gasteiger partial charge in [-0.05, 0) is 64.7 Å². The van der Waals surface area contributed by atoms with Gasteiger partial charge in [0, 0.05) is 12.6 Å². The molecule has 1 fully saturated rings. The van der Waals surface area contributed by atoms with E-state index in [1.54, 1.807) is 0 Å². The van der Waals surface area contributed by atoms with Crippen LogP contribution < -0.4 is 5.32 Å². The number of nitrogens with zero attached hydrogens (tertiary/aromatic N) is 1. The second-order valence-electron chi connectivity index (χ2n) is 5.68. The molecule has 2 atom stereocenters. The summed E-state index contributed by atoms with van der Waals surface area (Å²) in [4.78, 5) is 2.52. The van der Waals surface area contributed by atoms with Crippen LogP contribution in [-0.2, 0) is 4.74 Å². The summed E-state index contributed by atoms with van der Waals surface area (Å²) in [7, 11) is 0. The van der Waals surface area contributed by atoms with E-state index in [4.69, 9.17) is 4.74 Å². The first-order chi connectivity index (χ1) is 9.30. The SMILES string of the molecule is CCCNC(CCC1CCCO1)CCN(CC)CC. The molecule has 1 saturated heterocycles. The molecule has 0 amide bonds. The Bertz CT molecular complexity index is 195. The van der Waals surface area contributed by atoms with Crippen molar-refractivity contribution in [1.29, 1.82) is 0 Å². The van der Waals surface area contributed by atoms with Gasteiger partial charge in [0.15, 0.2) is 0 Å². The standard InChI is InChI=1S/C16H34N2O/c1-4-12-17-15(11-13-18(5-2)6-3)9-10-16-8-7-14-19-16/h15-17H,4-14H2,1-3H3. The highest BCUT2D eigenvalue weighted by Crippen LogP contribution is 2.18. The van der Waals surface area contributed by atoms with Crippen molar-refractivity contribution < 1.29 is 4.74 Å². The Kier molecular flexibility index (Phi) is 9.48. The number of nitrogens with one attached hydrogen (secondary N) is 1. The molecule has 0 aliphatic carbocycles. The molecular formula is C16H34N2O. The molecule has 3 heteroatoms. The molecule has 0 aromatic heterocycles. The smallest absolute Gasteiger partial charge is 0.0576 e. The van der Waals surface area contributed by atoms with Crippen LogP contribution in [0.2, 0.25) is 0 Å². The summed E-state index contributed by atoms with van der Waals surface area (Å²) in [6.45, 7) is 12.4. The Morgan fingerprint density at radius 1 is 1.21 bits per heavy atom. The Morgan fingerprint density at radius 3 is 2.58 bits per heavy atom. The van der Waals surface area contributed by atoms with Crippen LogP contribution in [0.3, 0.4) is 0 Å². The summed E-state index contributed by atoms with van der Waals surface area (Å²) >= 11 is 0. The summed E-state index contributed by atoms with van der Waals surface area (Å²) in [5.41, 5.74) is 0. The largest absolute Gasteiger partial charge is 0.378 e. The highest BCUT2D eigenvalue weighted by atomic mass is 16.5. The minimum atomic E-state index is 0.541. The van der Waals surface area contributed by atoms with Crippen LogP contribution in [0.1, 0.15) is 59.3 Å². The molecule has 0 radical (unpaired) electrons. The predicted octanol–water partition coefficient (Wildman–Crippen LogP) is 3.05. The van der Waals surface area contributed by atoms with Gasteiger partial charge in [0.1, 0.15) is 0 Å². The van der Waals surface area contributed by atoms with E-state index >= 15 is 0 Å². The fourth-order valence-electron chi connectivity index (χ4n) is 2.83. The summed E-state index contributed by atoms with van der Waals surface area (Å²) in [6, 6.07) is 0.671. The lowest BCUT2D eigenvalue weighted by Gasteiger charge is -2.24. The summed E-state index contributed by atoms with van der Waals surface area (Å²) in [5.74, 6) is 0. The number of rotatable bonds is 11. The lowest BCUT2D eigenvalue weighted by Crippen LogP contribution is -2.35. The molecule has 114 valence electrons.